The number of hydrogen-bond donors (Lipinski definition) is 2. The molecule has 206 valence electrons. The van der Waals surface area contributed by atoms with Crippen molar-refractivity contribution in [2.45, 2.75) is 57.3 Å². The standard InChI is InChI=1S/C29H39N3O6/c1-37-26-23(10-7-15-30-26)27(35)32-16-6-5-12-29(28(36)38-21-25(34)24(33)11-17-32)13-18-31(19-14-29)20-22-8-3-2-4-9-22/h2-4,7-10,15,24-25,33-34H,5-6,11-14,16-21H2,1H3/t24-,25+/m0/s1. The number of likely N-dealkylation sites (tertiary alicyclic amines) is 1. The van der Waals surface area contributed by atoms with Crippen LogP contribution >= 0.6 is 0 Å². The predicted molar refractivity (Wildman–Crippen MR) is 142 cm³/mol. The molecule has 2 N–H and O–H groups in total. The minimum atomic E-state index is -1.22. The van der Waals surface area contributed by atoms with Crippen molar-refractivity contribution in [1.82, 2.24) is 14.8 Å². The Morgan fingerprint density at radius 2 is 1.79 bits per heavy atom. The lowest BCUT2D eigenvalue weighted by molar-refractivity contribution is -0.165. The second kappa shape index (κ2) is 13.2. The number of carbonyl (C=O) groups excluding carboxylic acids is 2. The lowest BCUT2D eigenvalue weighted by atomic mass is 9.74. The van der Waals surface area contributed by atoms with Crippen molar-refractivity contribution < 1.29 is 29.3 Å². The molecule has 2 aliphatic rings. The van der Waals surface area contributed by atoms with E-state index in [1.54, 1.807) is 23.2 Å². The second-order valence-electron chi connectivity index (χ2n) is 10.4. The van der Waals surface area contributed by atoms with E-state index in [0.29, 0.717) is 37.8 Å². The van der Waals surface area contributed by atoms with Crippen LogP contribution < -0.4 is 4.74 Å². The van der Waals surface area contributed by atoms with Gasteiger partial charge in [0.25, 0.3) is 5.91 Å². The molecule has 0 radical (unpaired) electrons. The van der Waals surface area contributed by atoms with E-state index < -0.39 is 17.6 Å². The summed E-state index contributed by atoms with van der Waals surface area (Å²) in [6, 6.07) is 13.6. The molecular formula is C29H39N3O6. The molecule has 0 aliphatic carbocycles. The predicted octanol–water partition coefficient (Wildman–Crippen LogP) is 2.65. The van der Waals surface area contributed by atoms with Gasteiger partial charge in [-0.05, 0) is 62.9 Å². The lowest BCUT2D eigenvalue weighted by Crippen LogP contribution is -2.45. The van der Waals surface area contributed by atoms with Crippen molar-refractivity contribution in [2.75, 3.05) is 39.9 Å². The fourth-order valence-electron chi connectivity index (χ4n) is 5.41. The number of esters is 1. The molecule has 2 fully saturated rings. The number of carbonyl (C=O) groups is 2. The van der Waals surface area contributed by atoms with Gasteiger partial charge in [0.05, 0.1) is 18.6 Å². The molecule has 1 aromatic heterocycles. The first-order chi connectivity index (χ1) is 18.4. The topological polar surface area (TPSA) is 112 Å². The number of aliphatic hydroxyl groups excluding tert-OH is 2. The van der Waals surface area contributed by atoms with Crippen LogP contribution in [-0.2, 0) is 16.1 Å². The second-order valence-corrected chi connectivity index (χ2v) is 10.4. The maximum absolute atomic E-state index is 13.4. The quantitative estimate of drug-likeness (QED) is 0.586. The van der Waals surface area contributed by atoms with E-state index in [2.05, 4.69) is 22.0 Å². The van der Waals surface area contributed by atoms with Crippen molar-refractivity contribution in [3.05, 3.63) is 59.8 Å². The third kappa shape index (κ3) is 6.89. The molecule has 2 atom stereocenters. The Hall–Kier alpha value is -3.01. The van der Waals surface area contributed by atoms with Gasteiger partial charge in [-0.15, -0.1) is 0 Å². The van der Waals surface area contributed by atoms with Gasteiger partial charge in [-0.2, -0.15) is 0 Å². The van der Waals surface area contributed by atoms with Crippen LogP contribution in [0.15, 0.2) is 48.7 Å². The van der Waals surface area contributed by atoms with Gasteiger partial charge in [0.1, 0.15) is 18.3 Å². The van der Waals surface area contributed by atoms with Crippen molar-refractivity contribution in [2.24, 2.45) is 5.41 Å². The summed E-state index contributed by atoms with van der Waals surface area (Å²) in [6.07, 6.45) is 2.84. The number of aliphatic hydroxyl groups is 2. The molecule has 2 saturated heterocycles. The Bertz CT molecular complexity index is 1060. The zero-order chi connectivity index (χ0) is 27.0. The highest BCUT2D eigenvalue weighted by molar-refractivity contribution is 5.96. The van der Waals surface area contributed by atoms with E-state index >= 15 is 0 Å². The lowest BCUT2D eigenvalue weighted by Gasteiger charge is -2.40. The summed E-state index contributed by atoms with van der Waals surface area (Å²) in [5.41, 5.74) is 0.969. The average Bonchev–Trinajstić information content (AvgIpc) is 2.96. The zero-order valence-corrected chi connectivity index (χ0v) is 22.1. The maximum Gasteiger partial charge on any atom is 0.312 e. The fraction of sp³-hybridized carbons (Fsp3) is 0.552. The molecule has 4 rings (SSSR count). The molecule has 1 aromatic carbocycles. The normalized spacial score (nSPS) is 23.6. The van der Waals surface area contributed by atoms with Crippen molar-refractivity contribution in [3.63, 3.8) is 0 Å². The zero-order valence-electron chi connectivity index (χ0n) is 22.1. The number of nitrogens with zero attached hydrogens (tertiary/aromatic N) is 3. The number of amides is 1. The molecule has 38 heavy (non-hydrogen) atoms. The average molecular weight is 526 g/mol. The molecular weight excluding hydrogens is 486 g/mol. The number of piperidine rings is 1. The first-order valence-electron chi connectivity index (χ1n) is 13.5. The van der Waals surface area contributed by atoms with Crippen molar-refractivity contribution >= 4 is 11.9 Å². The number of cyclic esters (lactones) is 1. The number of methoxy groups -OCH3 is 1. The van der Waals surface area contributed by atoms with Gasteiger partial charge < -0.3 is 24.6 Å². The Labute approximate surface area is 224 Å². The van der Waals surface area contributed by atoms with E-state index in [0.717, 1.165) is 26.1 Å². The van der Waals surface area contributed by atoms with Crippen molar-refractivity contribution in [3.8, 4) is 5.88 Å². The Balaban J connectivity index is 1.45. The number of aromatic nitrogens is 1. The minimum Gasteiger partial charge on any atom is -0.480 e. The van der Waals surface area contributed by atoms with Gasteiger partial charge in [-0.1, -0.05) is 36.8 Å². The molecule has 1 spiro atoms. The minimum absolute atomic E-state index is 0.159. The first kappa shape index (κ1) is 28.0. The summed E-state index contributed by atoms with van der Waals surface area (Å²) in [5, 5.41) is 21.0. The van der Waals surface area contributed by atoms with Crippen LogP contribution in [-0.4, -0.2) is 89.0 Å². The van der Waals surface area contributed by atoms with E-state index in [-0.39, 0.29) is 37.3 Å². The number of ether oxygens (including phenoxy) is 2. The summed E-state index contributed by atoms with van der Waals surface area (Å²) in [5.74, 6) is -0.278. The summed E-state index contributed by atoms with van der Waals surface area (Å²) in [6.45, 7) is 2.85. The fourth-order valence-corrected chi connectivity index (χ4v) is 5.41. The number of rotatable bonds is 4. The third-order valence-electron chi connectivity index (χ3n) is 7.83. The van der Waals surface area contributed by atoms with E-state index in [1.807, 2.05) is 18.2 Å². The maximum atomic E-state index is 13.4. The molecule has 9 heteroatoms. The van der Waals surface area contributed by atoms with Crippen LogP contribution in [0.4, 0.5) is 0 Å². The summed E-state index contributed by atoms with van der Waals surface area (Å²) >= 11 is 0. The summed E-state index contributed by atoms with van der Waals surface area (Å²) in [4.78, 5) is 34.8. The van der Waals surface area contributed by atoms with Crippen LogP contribution in [0, 0.1) is 5.41 Å². The largest absolute Gasteiger partial charge is 0.480 e. The Morgan fingerprint density at radius 1 is 1.03 bits per heavy atom. The van der Waals surface area contributed by atoms with Gasteiger partial charge in [0, 0.05) is 25.8 Å². The number of benzene rings is 1. The van der Waals surface area contributed by atoms with Gasteiger partial charge in [-0.3, -0.25) is 14.5 Å². The third-order valence-corrected chi connectivity index (χ3v) is 7.83. The van der Waals surface area contributed by atoms with Gasteiger partial charge in [0.15, 0.2) is 0 Å². The summed E-state index contributed by atoms with van der Waals surface area (Å²) < 4.78 is 10.9. The molecule has 2 aromatic rings. The Kier molecular flexibility index (Phi) is 9.71. The van der Waals surface area contributed by atoms with Crippen LogP contribution in [0.5, 0.6) is 5.88 Å². The molecule has 2 aliphatic heterocycles. The van der Waals surface area contributed by atoms with Gasteiger partial charge in [0.2, 0.25) is 5.88 Å². The number of pyridine rings is 1. The highest BCUT2D eigenvalue weighted by Crippen LogP contribution is 2.39. The van der Waals surface area contributed by atoms with Gasteiger partial charge >= 0.3 is 5.97 Å². The molecule has 0 unspecified atom stereocenters. The van der Waals surface area contributed by atoms with Crippen LogP contribution in [0.1, 0.15) is 54.4 Å². The number of hydrogen-bond acceptors (Lipinski definition) is 8. The Morgan fingerprint density at radius 3 is 2.53 bits per heavy atom. The van der Waals surface area contributed by atoms with E-state index in [1.165, 1.54) is 12.7 Å². The van der Waals surface area contributed by atoms with E-state index in [4.69, 9.17) is 9.47 Å². The smallest absolute Gasteiger partial charge is 0.312 e. The SMILES string of the molecule is COc1ncccc1C(=O)N1CCCCC2(CCN(Cc3ccccc3)CC2)C(=O)OC[C@@H](O)[C@@H](O)CC1. The molecule has 0 bridgehead atoms. The molecule has 9 nitrogen and oxygen atoms in total. The monoisotopic (exact) mass is 525 g/mol. The van der Waals surface area contributed by atoms with Crippen LogP contribution in [0.2, 0.25) is 0 Å². The molecule has 3 heterocycles. The van der Waals surface area contributed by atoms with Crippen molar-refractivity contribution in [1.29, 1.82) is 0 Å². The first-order valence-corrected chi connectivity index (χ1v) is 13.5. The summed E-state index contributed by atoms with van der Waals surface area (Å²) in [7, 11) is 1.47. The van der Waals surface area contributed by atoms with Crippen LogP contribution in [0.3, 0.4) is 0 Å². The van der Waals surface area contributed by atoms with Crippen LogP contribution in [0.25, 0.3) is 0 Å². The highest BCUT2D eigenvalue weighted by Gasteiger charge is 2.42. The van der Waals surface area contributed by atoms with Gasteiger partial charge in [-0.25, -0.2) is 4.98 Å². The molecule has 1 amide bonds. The van der Waals surface area contributed by atoms with E-state index in [9.17, 15) is 19.8 Å². The molecule has 0 saturated carbocycles. The highest BCUT2D eigenvalue weighted by atomic mass is 16.5.